The zero-order valence-corrected chi connectivity index (χ0v) is 8.07. The number of rotatable bonds is 3. The van der Waals surface area contributed by atoms with Crippen molar-refractivity contribution in [2.45, 2.75) is 11.0 Å². The molecule has 0 N–H and O–H groups in total. The molecule has 0 bridgehead atoms. The van der Waals surface area contributed by atoms with Gasteiger partial charge < -0.3 is 4.74 Å². The molecule has 1 atom stereocenters. The summed E-state index contributed by atoms with van der Waals surface area (Å²) in [5, 5.41) is 0.794. The number of benzene rings is 1. The molecule has 1 saturated heterocycles. The van der Waals surface area contributed by atoms with E-state index in [-0.39, 0.29) is 0 Å². The average Bonchev–Trinajstić information content (AvgIpc) is 2.87. The van der Waals surface area contributed by atoms with Gasteiger partial charge in [0, 0.05) is 15.7 Å². The lowest BCUT2D eigenvalue weighted by molar-refractivity contribution is 0.426. The maximum atomic E-state index is 5.75. The maximum Gasteiger partial charge on any atom is 0.0903 e. The van der Waals surface area contributed by atoms with Gasteiger partial charge in [-0.3, -0.25) is 0 Å². The summed E-state index contributed by atoms with van der Waals surface area (Å²) in [4.78, 5) is 1.26. The first-order valence-corrected chi connectivity index (χ1v) is 5.21. The Labute approximate surface area is 81.1 Å². The van der Waals surface area contributed by atoms with Crippen LogP contribution < -0.4 is 0 Å². The number of ether oxygens (including phenoxy) is 1. The number of thioether (sulfide) groups is 1. The third-order valence-electron chi connectivity index (χ3n) is 1.65. The SMILES string of the molecule is Clc1ccc(SCC2CO2)cc1. The van der Waals surface area contributed by atoms with Crippen molar-refractivity contribution >= 4 is 23.4 Å². The molecule has 0 radical (unpaired) electrons. The fourth-order valence-corrected chi connectivity index (χ4v) is 1.91. The summed E-state index contributed by atoms with van der Waals surface area (Å²) in [6, 6.07) is 7.90. The summed E-state index contributed by atoms with van der Waals surface area (Å²) in [6.45, 7) is 0.931. The first-order chi connectivity index (χ1) is 5.84. The fourth-order valence-electron chi connectivity index (χ4n) is 0.884. The van der Waals surface area contributed by atoms with Crippen molar-refractivity contribution in [3.05, 3.63) is 29.3 Å². The van der Waals surface area contributed by atoms with Crippen LogP contribution in [0.4, 0.5) is 0 Å². The summed E-state index contributed by atoms with van der Waals surface area (Å²) in [5.74, 6) is 1.06. The van der Waals surface area contributed by atoms with E-state index in [2.05, 4.69) is 0 Å². The van der Waals surface area contributed by atoms with Crippen molar-refractivity contribution in [2.24, 2.45) is 0 Å². The number of hydrogen-bond acceptors (Lipinski definition) is 2. The van der Waals surface area contributed by atoms with Crippen LogP contribution in [-0.4, -0.2) is 18.5 Å². The Hall–Kier alpha value is -0.180. The van der Waals surface area contributed by atoms with Crippen molar-refractivity contribution < 1.29 is 4.74 Å². The molecule has 0 aromatic heterocycles. The minimum atomic E-state index is 0.491. The van der Waals surface area contributed by atoms with E-state index in [4.69, 9.17) is 16.3 Å². The highest BCUT2D eigenvalue weighted by Crippen LogP contribution is 2.24. The number of halogens is 1. The van der Waals surface area contributed by atoms with Gasteiger partial charge in [-0.2, -0.15) is 0 Å². The lowest BCUT2D eigenvalue weighted by Gasteiger charge is -1.97. The van der Waals surface area contributed by atoms with Gasteiger partial charge in [0.1, 0.15) is 0 Å². The lowest BCUT2D eigenvalue weighted by atomic mass is 10.4. The van der Waals surface area contributed by atoms with Gasteiger partial charge in [-0.25, -0.2) is 0 Å². The van der Waals surface area contributed by atoms with E-state index >= 15 is 0 Å². The molecule has 64 valence electrons. The Morgan fingerprint density at radius 3 is 2.67 bits per heavy atom. The predicted octanol–water partition coefficient (Wildman–Crippen LogP) is 2.83. The highest BCUT2D eigenvalue weighted by Gasteiger charge is 2.21. The van der Waals surface area contributed by atoms with Gasteiger partial charge >= 0.3 is 0 Å². The summed E-state index contributed by atoms with van der Waals surface area (Å²) in [7, 11) is 0. The van der Waals surface area contributed by atoms with Crippen LogP contribution in [0.3, 0.4) is 0 Å². The molecule has 0 aliphatic carbocycles. The van der Waals surface area contributed by atoms with Crippen molar-refractivity contribution in [2.75, 3.05) is 12.4 Å². The number of epoxide rings is 1. The Balaban J connectivity index is 1.89. The predicted molar refractivity (Wildman–Crippen MR) is 51.9 cm³/mol. The smallest absolute Gasteiger partial charge is 0.0903 e. The number of hydrogen-bond donors (Lipinski definition) is 0. The van der Waals surface area contributed by atoms with E-state index in [9.17, 15) is 0 Å². The largest absolute Gasteiger partial charge is 0.372 e. The third-order valence-corrected chi connectivity index (χ3v) is 3.05. The Kier molecular flexibility index (Phi) is 2.59. The van der Waals surface area contributed by atoms with Crippen LogP contribution in [0.5, 0.6) is 0 Å². The van der Waals surface area contributed by atoms with Crippen LogP contribution in [0.2, 0.25) is 5.02 Å². The summed E-state index contributed by atoms with van der Waals surface area (Å²) in [5.41, 5.74) is 0. The quantitative estimate of drug-likeness (QED) is 0.550. The molecule has 1 nitrogen and oxygen atoms in total. The van der Waals surface area contributed by atoms with Crippen molar-refractivity contribution in [3.63, 3.8) is 0 Å². The molecule has 1 fully saturated rings. The molecule has 0 saturated carbocycles. The Bertz CT molecular complexity index is 256. The normalized spacial score (nSPS) is 20.9. The summed E-state index contributed by atoms with van der Waals surface area (Å²) >= 11 is 7.57. The molecule has 1 aliphatic rings. The van der Waals surface area contributed by atoms with Gasteiger partial charge in [0.2, 0.25) is 0 Å². The van der Waals surface area contributed by atoms with Crippen LogP contribution >= 0.6 is 23.4 Å². The van der Waals surface area contributed by atoms with E-state index in [1.165, 1.54) is 4.90 Å². The maximum absolute atomic E-state index is 5.75. The molecule has 1 aromatic carbocycles. The van der Waals surface area contributed by atoms with Crippen molar-refractivity contribution in [1.82, 2.24) is 0 Å². The van der Waals surface area contributed by atoms with Crippen LogP contribution in [0, 0.1) is 0 Å². The molecule has 2 rings (SSSR count). The van der Waals surface area contributed by atoms with Gasteiger partial charge in [0.05, 0.1) is 12.7 Å². The zero-order chi connectivity index (χ0) is 8.39. The monoisotopic (exact) mass is 200 g/mol. The van der Waals surface area contributed by atoms with E-state index in [1.807, 2.05) is 36.0 Å². The van der Waals surface area contributed by atoms with Crippen LogP contribution in [-0.2, 0) is 4.74 Å². The Morgan fingerprint density at radius 1 is 1.42 bits per heavy atom. The van der Waals surface area contributed by atoms with E-state index < -0.39 is 0 Å². The molecule has 1 unspecified atom stereocenters. The second-order valence-corrected chi connectivity index (χ2v) is 4.25. The second-order valence-electron chi connectivity index (χ2n) is 2.72. The van der Waals surface area contributed by atoms with Gasteiger partial charge in [0.25, 0.3) is 0 Å². The minimum absolute atomic E-state index is 0.491. The van der Waals surface area contributed by atoms with E-state index in [0.29, 0.717) is 6.10 Å². The minimum Gasteiger partial charge on any atom is -0.372 e. The summed E-state index contributed by atoms with van der Waals surface area (Å²) in [6.07, 6.45) is 0.491. The van der Waals surface area contributed by atoms with Gasteiger partial charge in [-0.15, -0.1) is 11.8 Å². The van der Waals surface area contributed by atoms with Gasteiger partial charge in [0.15, 0.2) is 0 Å². The molecular weight excluding hydrogens is 192 g/mol. The highest BCUT2D eigenvalue weighted by atomic mass is 35.5. The van der Waals surface area contributed by atoms with Crippen LogP contribution in [0.25, 0.3) is 0 Å². The topological polar surface area (TPSA) is 12.5 Å². The molecule has 12 heavy (non-hydrogen) atoms. The molecule has 1 aliphatic heterocycles. The third kappa shape index (κ3) is 2.41. The molecule has 0 amide bonds. The van der Waals surface area contributed by atoms with Crippen LogP contribution in [0.1, 0.15) is 0 Å². The highest BCUT2D eigenvalue weighted by molar-refractivity contribution is 7.99. The van der Waals surface area contributed by atoms with E-state index in [1.54, 1.807) is 0 Å². The molecule has 1 heterocycles. The Morgan fingerprint density at radius 2 is 2.08 bits per heavy atom. The van der Waals surface area contributed by atoms with Crippen LogP contribution in [0.15, 0.2) is 29.2 Å². The molecule has 3 heteroatoms. The van der Waals surface area contributed by atoms with Crippen molar-refractivity contribution in [3.8, 4) is 0 Å². The fraction of sp³-hybridized carbons (Fsp3) is 0.333. The molecule has 0 spiro atoms. The lowest BCUT2D eigenvalue weighted by Crippen LogP contribution is -1.87. The first kappa shape index (κ1) is 8.42. The standard InChI is InChI=1S/C9H9ClOS/c10-7-1-3-9(4-2-7)12-6-8-5-11-8/h1-4,8H,5-6H2. The van der Waals surface area contributed by atoms with Gasteiger partial charge in [-0.05, 0) is 24.3 Å². The molecule has 1 aromatic rings. The zero-order valence-electron chi connectivity index (χ0n) is 6.50. The molecular formula is C9H9ClOS. The average molecular weight is 201 g/mol. The second kappa shape index (κ2) is 3.69. The summed E-state index contributed by atoms with van der Waals surface area (Å²) < 4.78 is 5.11. The van der Waals surface area contributed by atoms with E-state index in [0.717, 1.165) is 17.4 Å². The first-order valence-electron chi connectivity index (χ1n) is 3.84. The van der Waals surface area contributed by atoms with Gasteiger partial charge in [-0.1, -0.05) is 11.6 Å². The van der Waals surface area contributed by atoms with Crippen molar-refractivity contribution in [1.29, 1.82) is 0 Å².